The molecule has 2 N–H and O–H groups in total. The average molecular weight is 277 g/mol. The highest BCUT2D eigenvalue weighted by Gasteiger charge is 2.08. The van der Waals surface area contributed by atoms with Crippen molar-refractivity contribution in [1.29, 1.82) is 0 Å². The number of benzene rings is 1. The van der Waals surface area contributed by atoms with E-state index < -0.39 is 0 Å². The van der Waals surface area contributed by atoms with Crippen LogP contribution in [0.2, 0.25) is 0 Å². The van der Waals surface area contributed by atoms with Crippen molar-refractivity contribution >= 4 is 28.5 Å². The maximum atomic E-state index is 5.73. The Labute approximate surface area is 116 Å². The zero-order valence-corrected chi connectivity index (χ0v) is 11.8. The second kappa shape index (κ2) is 6.04. The van der Waals surface area contributed by atoms with Gasteiger partial charge in [-0.3, -0.25) is 4.90 Å². The molecule has 0 spiro atoms. The first-order valence-corrected chi connectivity index (χ1v) is 6.95. The Morgan fingerprint density at radius 1 is 1.39 bits per heavy atom. The third kappa shape index (κ3) is 3.35. The SMILES string of the molecule is CN(Cc1cscn1)Cc1ccccc1C(N)=S. The highest BCUT2D eigenvalue weighted by atomic mass is 32.1. The molecule has 0 radical (unpaired) electrons. The molecule has 0 saturated carbocycles. The number of hydrogen-bond acceptors (Lipinski definition) is 4. The first kappa shape index (κ1) is 13.1. The van der Waals surface area contributed by atoms with Gasteiger partial charge in [0.05, 0.1) is 11.2 Å². The molecule has 2 rings (SSSR count). The molecule has 0 unspecified atom stereocenters. The molecular formula is C13H15N3S2. The number of hydrogen-bond donors (Lipinski definition) is 1. The lowest BCUT2D eigenvalue weighted by molar-refractivity contribution is 0.315. The smallest absolute Gasteiger partial charge is 0.104 e. The number of thiocarbonyl (C=S) groups is 1. The van der Waals surface area contributed by atoms with Crippen molar-refractivity contribution in [3.63, 3.8) is 0 Å². The first-order valence-electron chi connectivity index (χ1n) is 5.60. The minimum atomic E-state index is 0.452. The molecule has 0 aliphatic heterocycles. The lowest BCUT2D eigenvalue weighted by atomic mass is 10.1. The van der Waals surface area contributed by atoms with Gasteiger partial charge in [-0.1, -0.05) is 36.5 Å². The molecule has 0 fully saturated rings. The molecule has 0 aliphatic rings. The fourth-order valence-electron chi connectivity index (χ4n) is 1.84. The summed E-state index contributed by atoms with van der Waals surface area (Å²) in [5, 5.41) is 2.07. The van der Waals surface area contributed by atoms with Gasteiger partial charge in [0.1, 0.15) is 4.99 Å². The van der Waals surface area contributed by atoms with Crippen LogP contribution in [0.5, 0.6) is 0 Å². The van der Waals surface area contributed by atoms with Gasteiger partial charge in [-0.2, -0.15) is 0 Å². The lowest BCUT2D eigenvalue weighted by Crippen LogP contribution is -2.20. The minimum Gasteiger partial charge on any atom is -0.389 e. The summed E-state index contributed by atoms with van der Waals surface area (Å²) < 4.78 is 0. The van der Waals surface area contributed by atoms with Gasteiger partial charge in [-0.25, -0.2) is 4.98 Å². The third-order valence-corrected chi connectivity index (χ3v) is 3.49. The maximum absolute atomic E-state index is 5.73. The van der Waals surface area contributed by atoms with Crippen molar-refractivity contribution in [2.24, 2.45) is 5.73 Å². The Balaban J connectivity index is 2.07. The Morgan fingerprint density at radius 2 is 2.17 bits per heavy atom. The van der Waals surface area contributed by atoms with E-state index in [-0.39, 0.29) is 0 Å². The molecule has 1 aromatic heterocycles. The highest BCUT2D eigenvalue weighted by Crippen LogP contribution is 2.13. The number of aromatic nitrogens is 1. The molecule has 0 aliphatic carbocycles. The van der Waals surface area contributed by atoms with E-state index >= 15 is 0 Å². The van der Waals surface area contributed by atoms with E-state index in [1.807, 2.05) is 23.7 Å². The van der Waals surface area contributed by atoms with Crippen LogP contribution in [0.1, 0.15) is 16.8 Å². The van der Waals surface area contributed by atoms with Gasteiger partial charge in [0.15, 0.2) is 0 Å². The van der Waals surface area contributed by atoms with Crippen LogP contribution in [-0.4, -0.2) is 21.9 Å². The molecule has 0 saturated heterocycles. The quantitative estimate of drug-likeness (QED) is 0.852. The number of nitrogens with zero attached hydrogens (tertiary/aromatic N) is 2. The van der Waals surface area contributed by atoms with Crippen LogP contribution in [0.15, 0.2) is 35.2 Å². The van der Waals surface area contributed by atoms with Crippen LogP contribution in [0.25, 0.3) is 0 Å². The summed E-state index contributed by atoms with van der Waals surface area (Å²) in [5.74, 6) is 0. The van der Waals surface area contributed by atoms with Gasteiger partial charge >= 0.3 is 0 Å². The number of rotatable bonds is 5. The average Bonchev–Trinajstić information content (AvgIpc) is 2.82. The predicted molar refractivity (Wildman–Crippen MR) is 79.6 cm³/mol. The molecule has 0 bridgehead atoms. The summed E-state index contributed by atoms with van der Waals surface area (Å²) >= 11 is 6.68. The van der Waals surface area contributed by atoms with Crippen LogP contribution in [0.4, 0.5) is 0 Å². The van der Waals surface area contributed by atoms with Crippen LogP contribution >= 0.6 is 23.6 Å². The summed E-state index contributed by atoms with van der Waals surface area (Å²) in [4.78, 5) is 6.93. The van der Waals surface area contributed by atoms with Gasteiger partial charge in [0.25, 0.3) is 0 Å². The number of thiazole rings is 1. The Bertz CT molecular complexity index is 523. The Morgan fingerprint density at radius 3 is 2.83 bits per heavy atom. The van der Waals surface area contributed by atoms with Crippen molar-refractivity contribution in [3.8, 4) is 0 Å². The van der Waals surface area contributed by atoms with E-state index in [9.17, 15) is 0 Å². The van der Waals surface area contributed by atoms with Crippen molar-refractivity contribution in [2.75, 3.05) is 7.05 Å². The summed E-state index contributed by atoms with van der Waals surface area (Å²) in [7, 11) is 2.07. The minimum absolute atomic E-state index is 0.452. The van der Waals surface area contributed by atoms with Gasteiger partial charge in [-0.15, -0.1) is 11.3 Å². The van der Waals surface area contributed by atoms with E-state index in [4.69, 9.17) is 18.0 Å². The van der Waals surface area contributed by atoms with Crippen molar-refractivity contribution < 1.29 is 0 Å². The summed E-state index contributed by atoms with van der Waals surface area (Å²) in [6, 6.07) is 7.99. The van der Waals surface area contributed by atoms with Crippen molar-refractivity contribution in [1.82, 2.24) is 9.88 Å². The lowest BCUT2D eigenvalue weighted by Gasteiger charge is -2.17. The molecular weight excluding hydrogens is 262 g/mol. The van der Waals surface area contributed by atoms with E-state index in [1.54, 1.807) is 11.3 Å². The van der Waals surface area contributed by atoms with Crippen molar-refractivity contribution in [3.05, 3.63) is 52.0 Å². The largest absolute Gasteiger partial charge is 0.389 e. The highest BCUT2D eigenvalue weighted by molar-refractivity contribution is 7.80. The number of nitrogens with two attached hydrogens (primary N) is 1. The summed E-state index contributed by atoms with van der Waals surface area (Å²) in [5.41, 5.74) is 10.8. The molecule has 94 valence electrons. The Kier molecular flexibility index (Phi) is 4.41. The first-order chi connectivity index (χ1) is 8.66. The molecule has 3 nitrogen and oxygen atoms in total. The molecule has 1 heterocycles. The van der Waals surface area contributed by atoms with Crippen LogP contribution < -0.4 is 5.73 Å². The predicted octanol–water partition coefficient (Wildman–Crippen LogP) is 2.41. The molecule has 18 heavy (non-hydrogen) atoms. The molecule has 5 heteroatoms. The maximum Gasteiger partial charge on any atom is 0.104 e. The topological polar surface area (TPSA) is 42.2 Å². The Hall–Kier alpha value is -1.30. The van der Waals surface area contributed by atoms with Gasteiger partial charge in [0.2, 0.25) is 0 Å². The van der Waals surface area contributed by atoms with E-state index in [0.29, 0.717) is 4.99 Å². The van der Waals surface area contributed by atoms with E-state index in [1.165, 1.54) is 0 Å². The summed E-state index contributed by atoms with van der Waals surface area (Å²) in [6.07, 6.45) is 0. The second-order valence-corrected chi connectivity index (χ2v) is 5.33. The molecule has 2 aromatic rings. The van der Waals surface area contributed by atoms with Gasteiger partial charge in [-0.05, 0) is 12.6 Å². The molecule has 0 atom stereocenters. The monoisotopic (exact) mass is 277 g/mol. The van der Waals surface area contributed by atoms with Gasteiger partial charge in [0, 0.05) is 24.0 Å². The standard InChI is InChI=1S/C13H15N3S2/c1-16(7-11-8-18-9-15-11)6-10-4-2-3-5-12(10)13(14)17/h2-5,8-9H,6-7H2,1H3,(H2,14,17). The van der Waals surface area contributed by atoms with Gasteiger partial charge < -0.3 is 5.73 Å². The van der Waals surface area contributed by atoms with Crippen molar-refractivity contribution in [2.45, 2.75) is 13.1 Å². The second-order valence-electron chi connectivity index (χ2n) is 4.17. The van der Waals surface area contributed by atoms with E-state index in [0.717, 1.165) is 29.9 Å². The van der Waals surface area contributed by atoms with Crippen LogP contribution in [-0.2, 0) is 13.1 Å². The van der Waals surface area contributed by atoms with Crippen LogP contribution in [0.3, 0.4) is 0 Å². The fraction of sp³-hybridized carbons (Fsp3) is 0.231. The summed E-state index contributed by atoms with van der Waals surface area (Å²) in [6.45, 7) is 1.64. The van der Waals surface area contributed by atoms with E-state index in [2.05, 4.69) is 28.4 Å². The third-order valence-electron chi connectivity index (χ3n) is 2.64. The normalized spacial score (nSPS) is 10.8. The fourth-order valence-corrected chi connectivity index (χ4v) is 2.59. The zero-order chi connectivity index (χ0) is 13.0. The molecule has 0 amide bonds. The zero-order valence-electron chi connectivity index (χ0n) is 10.2. The van der Waals surface area contributed by atoms with Crippen LogP contribution in [0, 0.1) is 0 Å². The molecule has 1 aromatic carbocycles.